The highest BCUT2D eigenvalue weighted by atomic mass is 16.5. The molecule has 1 saturated heterocycles. The summed E-state index contributed by atoms with van der Waals surface area (Å²) in [5, 5.41) is 3.53. The number of amides is 1. The smallest absolute Gasteiger partial charge is 0.222 e. The topological polar surface area (TPSA) is 41.6 Å². The number of ether oxygens (including phenoxy) is 1. The van der Waals surface area contributed by atoms with Gasteiger partial charge in [0.2, 0.25) is 5.91 Å². The summed E-state index contributed by atoms with van der Waals surface area (Å²) in [7, 11) is 1.69. The van der Waals surface area contributed by atoms with Gasteiger partial charge in [-0.3, -0.25) is 4.79 Å². The standard InChI is InChI=1S/C17H24N2O2/c1-21-16-8-5-13(11-18-15-6-7-15)10-14(16)12-19-9-3-2-4-17(19)20/h5,8,10,15,18H,2-4,6-7,9,11-12H2,1H3. The second-order valence-electron chi connectivity index (χ2n) is 6.07. The van der Waals surface area contributed by atoms with E-state index >= 15 is 0 Å². The molecule has 1 aromatic carbocycles. The van der Waals surface area contributed by atoms with E-state index in [0.29, 0.717) is 19.0 Å². The average Bonchev–Trinajstić information content (AvgIpc) is 3.32. The predicted octanol–water partition coefficient (Wildman–Crippen LogP) is 2.46. The average molecular weight is 288 g/mol. The van der Waals surface area contributed by atoms with Crippen LogP contribution >= 0.6 is 0 Å². The van der Waals surface area contributed by atoms with E-state index in [9.17, 15) is 4.79 Å². The fraction of sp³-hybridized carbons (Fsp3) is 0.588. The van der Waals surface area contributed by atoms with Crippen molar-refractivity contribution >= 4 is 5.91 Å². The minimum atomic E-state index is 0.268. The van der Waals surface area contributed by atoms with E-state index in [4.69, 9.17) is 4.74 Å². The van der Waals surface area contributed by atoms with Crippen molar-refractivity contribution in [2.75, 3.05) is 13.7 Å². The van der Waals surface area contributed by atoms with Crippen molar-refractivity contribution in [3.05, 3.63) is 29.3 Å². The molecule has 4 nitrogen and oxygen atoms in total. The summed E-state index contributed by atoms with van der Waals surface area (Å²) in [6.07, 6.45) is 5.41. The Hall–Kier alpha value is -1.55. The molecule has 2 fully saturated rings. The van der Waals surface area contributed by atoms with Crippen LogP contribution in [0, 0.1) is 0 Å². The van der Waals surface area contributed by atoms with Gasteiger partial charge in [-0.1, -0.05) is 6.07 Å². The molecule has 0 atom stereocenters. The van der Waals surface area contributed by atoms with Gasteiger partial charge in [0.25, 0.3) is 0 Å². The molecule has 0 unspecified atom stereocenters. The van der Waals surface area contributed by atoms with Crippen molar-refractivity contribution in [2.24, 2.45) is 0 Å². The number of nitrogens with one attached hydrogen (secondary N) is 1. The zero-order chi connectivity index (χ0) is 14.7. The summed E-state index contributed by atoms with van der Waals surface area (Å²) in [4.78, 5) is 13.9. The molecule has 0 aromatic heterocycles. The van der Waals surface area contributed by atoms with Gasteiger partial charge in [0, 0.05) is 37.7 Å². The van der Waals surface area contributed by atoms with E-state index in [1.807, 2.05) is 11.0 Å². The number of likely N-dealkylation sites (tertiary alicyclic amines) is 1. The van der Waals surface area contributed by atoms with E-state index in [-0.39, 0.29) is 5.91 Å². The highest BCUT2D eigenvalue weighted by Gasteiger charge is 2.21. The molecular formula is C17H24N2O2. The molecule has 114 valence electrons. The summed E-state index contributed by atoms with van der Waals surface area (Å²) in [5.74, 6) is 1.15. The molecule has 1 saturated carbocycles. The Kier molecular flexibility index (Phi) is 4.44. The van der Waals surface area contributed by atoms with Crippen LogP contribution in [0.4, 0.5) is 0 Å². The van der Waals surface area contributed by atoms with Crippen LogP contribution in [0.5, 0.6) is 5.75 Å². The minimum Gasteiger partial charge on any atom is -0.496 e. The first-order chi connectivity index (χ1) is 10.3. The maximum absolute atomic E-state index is 12.0. The van der Waals surface area contributed by atoms with Crippen molar-refractivity contribution in [1.29, 1.82) is 0 Å². The lowest BCUT2D eigenvalue weighted by molar-refractivity contribution is -0.133. The van der Waals surface area contributed by atoms with Crippen molar-refractivity contribution in [2.45, 2.75) is 51.2 Å². The Morgan fingerprint density at radius 2 is 2.19 bits per heavy atom. The van der Waals surface area contributed by atoms with E-state index < -0.39 is 0 Å². The quantitative estimate of drug-likeness (QED) is 0.874. The van der Waals surface area contributed by atoms with E-state index in [1.54, 1.807) is 7.11 Å². The van der Waals surface area contributed by atoms with Crippen LogP contribution in [0.3, 0.4) is 0 Å². The summed E-state index contributed by atoms with van der Waals surface area (Å²) < 4.78 is 5.46. The van der Waals surface area contributed by atoms with Gasteiger partial charge in [0.15, 0.2) is 0 Å². The van der Waals surface area contributed by atoms with Gasteiger partial charge in [0.1, 0.15) is 5.75 Å². The fourth-order valence-corrected chi connectivity index (χ4v) is 2.85. The maximum atomic E-state index is 12.0. The molecule has 1 aromatic rings. The van der Waals surface area contributed by atoms with Crippen molar-refractivity contribution < 1.29 is 9.53 Å². The number of carbonyl (C=O) groups is 1. The van der Waals surface area contributed by atoms with Crippen molar-refractivity contribution in [3.63, 3.8) is 0 Å². The normalized spacial score (nSPS) is 18.9. The number of piperidine rings is 1. The van der Waals surface area contributed by atoms with Gasteiger partial charge >= 0.3 is 0 Å². The maximum Gasteiger partial charge on any atom is 0.222 e. The largest absolute Gasteiger partial charge is 0.496 e. The highest BCUT2D eigenvalue weighted by molar-refractivity contribution is 5.76. The van der Waals surface area contributed by atoms with E-state index in [0.717, 1.165) is 37.2 Å². The molecule has 1 N–H and O–H groups in total. The molecule has 1 heterocycles. The summed E-state index contributed by atoms with van der Waals surface area (Å²) in [6, 6.07) is 7.01. The fourth-order valence-electron chi connectivity index (χ4n) is 2.85. The lowest BCUT2D eigenvalue weighted by atomic mass is 10.1. The van der Waals surface area contributed by atoms with Crippen LogP contribution in [0.15, 0.2) is 18.2 Å². The lowest BCUT2D eigenvalue weighted by Crippen LogP contribution is -2.34. The molecule has 0 spiro atoms. The second-order valence-corrected chi connectivity index (χ2v) is 6.07. The Labute approximate surface area is 126 Å². The van der Waals surface area contributed by atoms with Crippen LogP contribution in [0.2, 0.25) is 0 Å². The Balaban J connectivity index is 1.70. The first-order valence-corrected chi connectivity index (χ1v) is 7.93. The van der Waals surface area contributed by atoms with Gasteiger partial charge in [-0.05, 0) is 43.4 Å². The number of benzene rings is 1. The third-order valence-electron chi connectivity index (χ3n) is 4.30. The number of rotatable bonds is 6. The summed E-state index contributed by atoms with van der Waals surface area (Å²) >= 11 is 0. The number of carbonyl (C=O) groups excluding carboxylic acids is 1. The highest BCUT2D eigenvalue weighted by Crippen LogP contribution is 2.25. The van der Waals surface area contributed by atoms with Gasteiger partial charge in [-0.15, -0.1) is 0 Å². The van der Waals surface area contributed by atoms with Crippen LogP contribution in [-0.2, 0) is 17.9 Å². The molecule has 3 rings (SSSR count). The van der Waals surface area contributed by atoms with Crippen LogP contribution in [0.25, 0.3) is 0 Å². The van der Waals surface area contributed by atoms with E-state index in [1.165, 1.54) is 18.4 Å². The molecular weight excluding hydrogens is 264 g/mol. The first kappa shape index (κ1) is 14.4. The Morgan fingerprint density at radius 1 is 1.33 bits per heavy atom. The predicted molar refractivity (Wildman–Crippen MR) is 82.1 cm³/mol. The summed E-state index contributed by atoms with van der Waals surface area (Å²) in [6.45, 7) is 2.43. The van der Waals surface area contributed by atoms with Crippen LogP contribution in [-0.4, -0.2) is 30.5 Å². The molecule has 4 heteroatoms. The monoisotopic (exact) mass is 288 g/mol. The number of hydrogen-bond donors (Lipinski definition) is 1. The van der Waals surface area contributed by atoms with Gasteiger partial charge in [-0.2, -0.15) is 0 Å². The molecule has 2 aliphatic rings. The molecule has 0 radical (unpaired) electrons. The molecule has 1 amide bonds. The molecule has 0 bridgehead atoms. The minimum absolute atomic E-state index is 0.268. The molecule has 1 aliphatic carbocycles. The van der Waals surface area contributed by atoms with Gasteiger partial charge < -0.3 is 15.0 Å². The van der Waals surface area contributed by atoms with Crippen molar-refractivity contribution in [3.8, 4) is 5.75 Å². The molecule has 21 heavy (non-hydrogen) atoms. The van der Waals surface area contributed by atoms with Crippen molar-refractivity contribution in [1.82, 2.24) is 10.2 Å². The SMILES string of the molecule is COc1ccc(CNC2CC2)cc1CN1CCCCC1=O. The second kappa shape index (κ2) is 6.48. The number of nitrogens with zero attached hydrogens (tertiary/aromatic N) is 1. The van der Waals surface area contributed by atoms with Gasteiger partial charge in [0.05, 0.1) is 7.11 Å². The molecule has 1 aliphatic heterocycles. The van der Waals surface area contributed by atoms with Gasteiger partial charge in [-0.25, -0.2) is 0 Å². The van der Waals surface area contributed by atoms with Crippen LogP contribution in [0.1, 0.15) is 43.2 Å². The first-order valence-electron chi connectivity index (χ1n) is 7.93. The number of methoxy groups -OCH3 is 1. The zero-order valence-electron chi connectivity index (χ0n) is 12.7. The summed E-state index contributed by atoms with van der Waals surface area (Å²) in [5.41, 5.74) is 2.38. The third-order valence-corrected chi connectivity index (χ3v) is 4.30. The number of hydrogen-bond acceptors (Lipinski definition) is 3. The lowest BCUT2D eigenvalue weighted by Gasteiger charge is -2.27. The Bertz CT molecular complexity index is 512. The van der Waals surface area contributed by atoms with Crippen LogP contribution < -0.4 is 10.1 Å². The third kappa shape index (κ3) is 3.76. The van der Waals surface area contributed by atoms with E-state index in [2.05, 4.69) is 17.4 Å². The zero-order valence-corrected chi connectivity index (χ0v) is 12.7. The Morgan fingerprint density at radius 3 is 2.90 bits per heavy atom.